The molecule has 1 N–H and O–H groups in total. The maximum Gasteiger partial charge on any atom is 0.257 e. The van der Waals surface area contributed by atoms with E-state index in [1.54, 1.807) is 12.4 Å². The van der Waals surface area contributed by atoms with Crippen molar-refractivity contribution in [2.24, 2.45) is 5.92 Å². The Kier molecular flexibility index (Phi) is 5.80. The number of nitrogens with zero attached hydrogens (tertiary/aromatic N) is 4. The number of piperazine rings is 1. The van der Waals surface area contributed by atoms with Crippen molar-refractivity contribution in [3.63, 3.8) is 0 Å². The van der Waals surface area contributed by atoms with E-state index in [9.17, 15) is 4.79 Å². The highest BCUT2D eigenvalue weighted by atomic mass is 16.7. The molecule has 3 heterocycles. The maximum absolute atomic E-state index is 12.7. The molecule has 0 saturated carbocycles. The molecule has 2 aromatic rings. The van der Waals surface area contributed by atoms with Crippen LogP contribution in [0.5, 0.6) is 11.5 Å². The second-order valence-corrected chi connectivity index (χ2v) is 7.83. The van der Waals surface area contributed by atoms with E-state index in [0.29, 0.717) is 30.5 Å². The molecule has 0 spiro atoms. The number of carbonyl (C=O) groups excluding carboxylic acids is 1. The summed E-state index contributed by atoms with van der Waals surface area (Å²) in [6.07, 6.45) is 3.22. The first-order valence-electron chi connectivity index (χ1n) is 10.0. The third-order valence-corrected chi connectivity index (χ3v) is 5.07. The number of carbonyl (C=O) groups is 1. The number of fused-ring (bicyclic) bond motifs is 1. The zero-order valence-corrected chi connectivity index (χ0v) is 16.9. The molecule has 29 heavy (non-hydrogen) atoms. The van der Waals surface area contributed by atoms with Crippen molar-refractivity contribution in [1.82, 2.24) is 19.8 Å². The number of benzene rings is 1. The van der Waals surface area contributed by atoms with Gasteiger partial charge in [-0.1, -0.05) is 19.9 Å². The van der Waals surface area contributed by atoms with E-state index < -0.39 is 0 Å². The Hall–Kier alpha value is -2.87. The fourth-order valence-electron chi connectivity index (χ4n) is 3.41. The van der Waals surface area contributed by atoms with Crippen molar-refractivity contribution in [1.29, 1.82) is 0 Å². The summed E-state index contributed by atoms with van der Waals surface area (Å²) in [5, 5.41) is 3.16. The molecule has 4 rings (SSSR count). The maximum atomic E-state index is 12.7. The van der Waals surface area contributed by atoms with Crippen LogP contribution < -0.4 is 14.8 Å². The first-order valence-corrected chi connectivity index (χ1v) is 10.0. The van der Waals surface area contributed by atoms with Crippen LogP contribution in [-0.4, -0.2) is 65.2 Å². The third-order valence-electron chi connectivity index (χ3n) is 5.07. The fraction of sp³-hybridized carbons (Fsp3) is 0.476. The summed E-state index contributed by atoms with van der Waals surface area (Å²) in [6, 6.07) is 6.06. The minimum atomic E-state index is -0.0110. The number of aromatic nitrogens is 2. The van der Waals surface area contributed by atoms with Crippen LogP contribution in [0.4, 0.5) is 5.95 Å². The highest BCUT2D eigenvalue weighted by Gasteiger charge is 2.23. The van der Waals surface area contributed by atoms with Crippen molar-refractivity contribution >= 4 is 11.9 Å². The van der Waals surface area contributed by atoms with Gasteiger partial charge in [0.25, 0.3) is 5.91 Å². The van der Waals surface area contributed by atoms with Crippen LogP contribution in [0.3, 0.4) is 0 Å². The molecular weight excluding hydrogens is 370 g/mol. The minimum absolute atomic E-state index is 0.0110. The van der Waals surface area contributed by atoms with Gasteiger partial charge in [0.2, 0.25) is 12.7 Å². The molecule has 8 heteroatoms. The Labute approximate surface area is 170 Å². The quantitative estimate of drug-likeness (QED) is 0.801. The number of hydrogen-bond donors (Lipinski definition) is 1. The summed E-state index contributed by atoms with van der Waals surface area (Å²) in [4.78, 5) is 25.5. The molecule has 1 amide bonds. The van der Waals surface area contributed by atoms with Gasteiger partial charge in [0.05, 0.1) is 5.56 Å². The van der Waals surface area contributed by atoms with Gasteiger partial charge in [0, 0.05) is 51.7 Å². The molecule has 2 aliphatic heterocycles. The van der Waals surface area contributed by atoms with E-state index in [1.807, 2.05) is 17.0 Å². The molecule has 154 valence electrons. The first kappa shape index (κ1) is 19.4. The topological polar surface area (TPSA) is 79.8 Å². The lowest BCUT2D eigenvalue weighted by molar-refractivity contribution is 0.0627. The largest absolute Gasteiger partial charge is 0.454 e. The molecule has 1 fully saturated rings. The summed E-state index contributed by atoms with van der Waals surface area (Å²) in [6.45, 7) is 9.21. The Morgan fingerprint density at radius 2 is 1.83 bits per heavy atom. The van der Waals surface area contributed by atoms with E-state index in [4.69, 9.17) is 9.47 Å². The zero-order chi connectivity index (χ0) is 20.2. The number of rotatable bonds is 6. The lowest BCUT2D eigenvalue weighted by atomic mass is 10.1. The SMILES string of the molecule is CC(C)CNc1ncc(C(=O)N2CCN(Cc3ccc4c(c3)OCO4)CC2)cn1. The van der Waals surface area contributed by atoms with E-state index in [0.717, 1.165) is 37.7 Å². The van der Waals surface area contributed by atoms with Crippen LogP contribution in [0.1, 0.15) is 29.8 Å². The number of amides is 1. The lowest BCUT2D eigenvalue weighted by Crippen LogP contribution is -2.48. The monoisotopic (exact) mass is 397 g/mol. The van der Waals surface area contributed by atoms with Crippen molar-refractivity contribution in [2.45, 2.75) is 20.4 Å². The number of anilines is 1. The average Bonchev–Trinajstić information content (AvgIpc) is 3.20. The van der Waals surface area contributed by atoms with Crippen molar-refractivity contribution in [3.8, 4) is 11.5 Å². The minimum Gasteiger partial charge on any atom is -0.454 e. The number of hydrogen-bond acceptors (Lipinski definition) is 7. The average molecular weight is 397 g/mol. The highest BCUT2D eigenvalue weighted by Crippen LogP contribution is 2.32. The Balaban J connectivity index is 1.28. The molecule has 0 atom stereocenters. The summed E-state index contributed by atoms with van der Waals surface area (Å²) >= 11 is 0. The van der Waals surface area contributed by atoms with Crippen molar-refractivity contribution in [2.75, 3.05) is 44.8 Å². The van der Waals surface area contributed by atoms with Gasteiger partial charge in [0.1, 0.15) is 0 Å². The molecule has 0 aliphatic carbocycles. The second-order valence-electron chi connectivity index (χ2n) is 7.83. The smallest absolute Gasteiger partial charge is 0.257 e. The van der Waals surface area contributed by atoms with Crippen LogP contribution in [0.15, 0.2) is 30.6 Å². The molecular formula is C21H27N5O3. The lowest BCUT2D eigenvalue weighted by Gasteiger charge is -2.34. The molecule has 2 aliphatic rings. The van der Waals surface area contributed by atoms with Gasteiger partial charge in [0.15, 0.2) is 11.5 Å². The molecule has 1 saturated heterocycles. The first-order chi connectivity index (χ1) is 14.1. The Morgan fingerprint density at radius 1 is 1.10 bits per heavy atom. The predicted octanol–water partition coefficient (Wildman–Crippen LogP) is 2.23. The molecule has 1 aromatic carbocycles. The van der Waals surface area contributed by atoms with Gasteiger partial charge in [-0.3, -0.25) is 9.69 Å². The highest BCUT2D eigenvalue weighted by molar-refractivity contribution is 5.93. The summed E-state index contributed by atoms with van der Waals surface area (Å²) in [7, 11) is 0. The summed E-state index contributed by atoms with van der Waals surface area (Å²) in [5.74, 6) is 2.67. The van der Waals surface area contributed by atoms with Gasteiger partial charge in [-0.2, -0.15) is 0 Å². The summed E-state index contributed by atoms with van der Waals surface area (Å²) in [5.41, 5.74) is 1.72. The Morgan fingerprint density at radius 3 is 2.55 bits per heavy atom. The molecule has 8 nitrogen and oxygen atoms in total. The van der Waals surface area contributed by atoms with Gasteiger partial charge in [-0.05, 0) is 23.6 Å². The predicted molar refractivity (Wildman–Crippen MR) is 109 cm³/mol. The molecule has 1 aromatic heterocycles. The van der Waals surface area contributed by atoms with Crippen LogP contribution >= 0.6 is 0 Å². The summed E-state index contributed by atoms with van der Waals surface area (Å²) < 4.78 is 10.8. The van der Waals surface area contributed by atoms with Gasteiger partial charge in [-0.15, -0.1) is 0 Å². The number of nitrogens with one attached hydrogen (secondary N) is 1. The van der Waals surface area contributed by atoms with Crippen LogP contribution in [-0.2, 0) is 6.54 Å². The Bertz CT molecular complexity index is 848. The zero-order valence-electron chi connectivity index (χ0n) is 16.9. The van der Waals surface area contributed by atoms with Crippen LogP contribution in [0.25, 0.3) is 0 Å². The van der Waals surface area contributed by atoms with Gasteiger partial charge in [-0.25, -0.2) is 9.97 Å². The third kappa shape index (κ3) is 4.76. The van der Waals surface area contributed by atoms with E-state index in [1.165, 1.54) is 5.56 Å². The van der Waals surface area contributed by atoms with Gasteiger partial charge >= 0.3 is 0 Å². The molecule has 0 bridgehead atoms. The fourth-order valence-corrected chi connectivity index (χ4v) is 3.41. The van der Waals surface area contributed by atoms with Gasteiger partial charge < -0.3 is 19.7 Å². The van der Waals surface area contributed by atoms with Crippen molar-refractivity contribution in [3.05, 3.63) is 41.7 Å². The van der Waals surface area contributed by atoms with E-state index >= 15 is 0 Å². The second kappa shape index (κ2) is 8.65. The van der Waals surface area contributed by atoms with E-state index in [-0.39, 0.29) is 12.7 Å². The van der Waals surface area contributed by atoms with Crippen molar-refractivity contribution < 1.29 is 14.3 Å². The normalized spacial score (nSPS) is 16.3. The van der Waals surface area contributed by atoms with Crippen LogP contribution in [0, 0.1) is 5.92 Å². The standard InChI is InChI=1S/C21H27N5O3/c1-15(2)10-22-21-23-11-17(12-24-21)20(27)26-7-5-25(6-8-26)13-16-3-4-18-19(9-16)29-14-28-18/h3-4,9,11-12,15H,5-8,10,13-14H2,1-2H3,(H,22,23,24). The van der Waals surface area contributed by atoms with E-state index in [2.05, 4.69) is 40.1 Å². The molecule has 0 unspecified atom stereocenters. The van der Waals surface area contributed by atoms with Crippen LogP contribution in [0.2, 0.25) is 0 Å². The number of ether oxygens (including phenoxy) is 2. The molecule has 0 radical (unpaired) electrons.